The van der Waals surface area contributed by atoms with E-state index in [1.807, 2.05) is 12.1 Å². The zero-order valence-corrected chi connectivity index (χ0v) is 11.7. The largest absolute Gasteiger partial charge is 0.378 e. The summed E-state index contributed by atoms with van der Waals surface area (Å²) in [7, 11) is 0. The van der Waals surface area contributed by atoms with Gasteiger partial charge in [-0.3, -0.25) is 4.79 Å². The predicted molar refractivity (Wildman–Crippen MR) is 77.5 cm³/mol. The van der Waals surface area contributed by atoms with Gasteiger partial charge >= 0.3 is 0 Å². The van der Waals surface area contributed by atoms with E-state index in [0.717, 1.165) is 23.3 Å². The molecule has 0 heterocycles. The minimum Gasteiger partial charge on any atom is -0.378 e. The first kappa shape index (κ1) is 16.1. The molecule has 6 heteroatoms. The molecule has 0 bridgehead atoms. The number of carbonyl (C=O) groups excluding carboxylic acids is 1. The van der Waals surface area contributed by atoms with Crippen molar-refractivity contribution in [2.75, 3.05) is 0 Å². The molecule has 2 aromatic carbocycles. The predicted octanol–water partition coefficient (Wildman–Crippen LogP) is 1.77. The van der Waals surface area contributed by atoms with Crippen molar-refractivity contribution in [2.45, 2.75) is 19.2 Å². The highest BCUT2D eigenvalue weighted by atomic mass is 19.1. The third kappa shape index (κ3) is 3.87. The first-order chi connectivity index (χ1) is 10.5. The van der Waals surface area contributed by atoms with Gasteiger partial charge in [0, 0.05) is 19.2 Å². The average molecular weight is 306 g/mol. The Labute approximate surface area is 126 Å². The van der Waals surface area contributed by atoms with Crippen LogP contribution in [0.15, 0.2) is 42.5 Å². The van der Waals surface area contributed by atoms with Crippen LogP contribution in [-0.2, 0) is 17.9 Å². The van der Waals surface area contributed by atoms with E-state index in [4.69, 9.17) is 5.73 Å². The Morgan fingerprint density at radius 3 is 2.32 bits per heavy atom. The van der Waals surface area contributed by atoms with Crippen LogP contribution in [0.4, 0.5) is 8.78 Å². The Kier molecular flexibility index (Phi) is 5.19. The van der Waals surface area contributed by atoms with Crippen LogP contribution in [0.25, 0.3) is 0 Å². The molecule has 4 nitrogen and oxygen atoms in total. The number of halogens is 2. The van der Waals surface area contributed by atoms with E-state index >= 15 is 0 Å². The molecule has 0 spiro atoms. The molecule has 116 valence electrons. The Balaban J connectivity index is 2.05. The van der Waals surface area contributed by atoms with E-state index < -0.39 is 23.6 Å². The Bertz CT molecular complexity index is 657. The lowest BCUT2D eigenvalue weighted by Crippen LogP contribution is -2.29. The molecule has 0 aliphatic heterocycles. The monoisotopic (exact) mass is 306 g/mol. The molecule has 0 aromatic heterocycles. The van der Waals surface area contributed by atoms with E-state index in [2.05, 4.69) is 5.32 Å². The zero-order valence-electron chi connectivity index (χ0n) is 11.7. The van der Waals surface area contributed by atoms with Gasteiger partial charge in [0.05, 0.1) is 0 Å². The van der Waals surface area contributed by atoms with Gasteiger partial charge in [0.15, 0.2) is 6.10 Å². The molecule has 22 heavy (non-hydrogen) atoms. The second-order valence-corrected chi connectivity index (χ2v) is 4.80. The lowest BCUT2D eigenvalue weighted by molar-refractivity contribution is -0.129. The van der Waals surface area contributed by atoms with E-state index in [9.17, 15) is 18.7 Å². The molecule has 1 unspecified atom stereocenters. The minimum absolute atomic E-state index is 0.137. The standard InChI is InChI=1S/C16H16F2N2O2/c17-13-5-12(6-14(18)7-13)15(21)16(22)20-9-11-4-2-1-3-10(11)8-19/h1-7,15,21H,8-9,19H2,(H,20,22). The molecule has 4 N–H and O–H groups in total. The Morgan fingerprint density at radius 2 is 1.73 bits per heavy atom. The topological polar surface area (TPSA) is 75.3 Å². The van der Waals surface area contributed by atoms with Gasteiger partial charge < -0.3 is 16.2 Å². The highest BCUT2D eigenvalue weighted by Crippen LogP contribution is 2.17. The van der Waals surface area contributed by atoms with E-state index in [0.29, 0.717) is 12.6 Å². The number of amides is 1. The molecule has 0 aliphatic carbocycles. The molecule has 0 saturated heterocycles. The van der Waals surface area contributed by atoms with E-state index in [-0.39, 0.29) is 12.1 Å². The minimum atomic E-state index is -1.64. The molecule has 0 radical (unpaired) electrons. The van der Waals surface area contributed by atoms with Crippen LogP contribution in [-0.4, -0.2) is 11.0 Å². The first-order valence-electron chi connectivity index (χ1n) is 6.70. The summed E-state index contributed by atoms with van der Waals surface area (Å²) in [4.78, 5) is 11.9. The summed E-state index contributed by atoms with van der Waals surface area (Å²) < 4.78 is 26.2. The summed E-state index contributed by atoms with van der Waals surface area (Å²) in [6.45, 7) is 0.491. The van der Waals surface area contributed by atoms with E-state index in [1.54, 1.807) is 12.1 Å². The number of aliphatic hydroxyl groups excluding tert-OH is 1. The normalized spacial score (nSPS) is 12.0. The number of hydrogen-bond donors (Lipinski definition) is 3. The second kappa shape index (κ2) is 7.11. The number of carbonyl (C=O) groups is 1. The molecule has 0 aliphatic rings. The van der Waals surface area contributed by atoms with Crippen LogP contribution in [0.3, 0.4) is 0 Å². The van der Waals surface area contributed by atoms with Gasteiger partial charge in [-0.25, -0.2) is 8.78 Å². The summed E-state index contributed by atoms with van der Waals surface area (Å²) in [6.07, 6.45) is -1.64. The molecule has 0 saturated carbocycles. The van der Waals surface area contributed by atoms with Crippen molar-refractivity contribution < 1.29 is 18.7 Å². The zero-order chi connectivity index (χ0) is 16.1. The number of hydrogen-bond acceptors (Lipinski definition) is 3. The average Bonchev–Trinajstić information content (AvgIpc) is 2.51. The van der Waals surface area contributed by atoms with Crippen LogP contribution < -0.4 is 11.1 Å². The van der Waals surface area contributed by atoms with Gasteiger partial charge in [-0.15, -0.1) is 0 Å². The van der Waals surface area contributed by atoms with Crippen LogP contribution in [0.2, 0.25) is 0 Å². The summed E-state index contributed by atoms with van der Waals surface area (Å²) in [5, 5.41) is 12.4. The van der Waals surface area contributed by atoms with Crippen molar-refractivity contribution in [3.8, 4) is 0 Å². The van der Waals surface area contributed by atoms with Crippen molar-refractivity contribution in [3.05, 3.63) is 70.8 Å². The maximum Gasteiger partial charge on any atom is 0.253 e. The van der Waals surface area contributed by atoms with Crippen molar-refractivity contribution >= 4 is 5.91 Å². The first-order valence-corrected chi connectivity index (χ1v) is 6.70. The van der Waals surface area contributed by atoms with Crippen molar-refractivity contribution in [3.63, 3.8) is 0 Å². The summed E-state index contributed by atoms with van der Waals surface area (Å²) in [5.74, 6) is -2.44. The molecule has 0 fully saturated rings. The fourth-order valence-corrected chi connectivity index (χ4v) is 2.09. The van der Waals surface area contributed by atoms with Gasteiger partial charge in [-0.1, -0.05) is 24.3 Å². The number of nitrogens with one attached hydrogen (secondary N) is 1. The van der Waals surface area contributed by atoms with Crippen LogP contribution >= 0.6 is 0 Å². The molecule has 2 aromatic rings. The highest BCUT2D eigenvalue weighted by molar-refractivity contribution is 5.81. The molecular formula is C16H16F2N2O2. The molecule has 1 atom stereocenters. The van der Waals surface area contributed by atoms with Crippen LogP contribution in [0.1, 0.15) is 22.8 Å². The van der Waals surface area contributed by atoms with E-state index in [1.165, 1.54) is 0 Å². The molecular weight excluding hydrogens is 290 g/mol. The lowest BCUT2D eigenvalue weighted by Gasteiger charge is -2.13. The van der Waals surface area contributed by atoms with Gasteiger partial charge in [-0.05, 0) is 28.8 Å². The van der Waals surface area contributed by atoms with Gasteiger partial charge in [-0.2, -0.15) is 0 Å². The lowest BCUT2D eigenvalue weighted by atomic mass is 10.1. The maximum atomic E-state index is 13.1. The maximum absolute atomic E-state index is 13.1. The highest BCUT2D eigenvalue weighted by Gasteiger charge is 2.19. The fraction of sp³-hybridized carbons (Fsp3) is 0.188. The van der Waals surface area contributed by atoms with Crippen molar-refractivity contribution in [1.29, 1.82) is 0 Å². The van der Waals surface area contributed by atoms with Gasteiger partial charge in [0.2, 0.25) is 0 Å². The number of benzene rings is 2. The number of nitrogens with two attached hydrogens (primary N) is 1. The van der Waals surface area contributed by atoms with Crippen LogP contribution in [0.5, 0.6) is 0 Å². The fourth-order valence-electron chi connectivity index (χ4n) is 2.09. The van der Waals surface area contributed by atoms with Crippen molar-refractivity contribution in [2.24, 2.45) is 5.73 Å². The van der Waals surface area contributed by atoms with Gasteiger partial charge in [0.1, 0.15) is 11.6 Å². The smallest absolute Gasteiger partial charge is 0.253 e. The third-order valence-corrected chi connectivity index (χ3v) is 3.24. The summed E-state index contributed by atoms with van der Waals surface area (Å²) >= 11 is 0. The van der Waals surface area contributed by atoms with Crippen LogP contribution in [0, 0.1) is 11.6 Å². The Hall–Kier alpha value is -2.31. The number of aliphatic hydroxyl groups is 1. The summed E-state index contributed by atoms with van der Waals surface area (Å²) in [6, 6.07) is 9.78. The molecule has 2 rings (SSSR count). The van der Waals surface area contributed by atoms with Crippen molar-refractivity contribution in [1.82, 2.24) is 5.32 Å². The quantitative estimate of drug-likeness (QED) is 0.788. The SMILES string of the molecule is NCc1ccccc1CNC(=O)C(O)c1cc(F)cc(F)c1. The third-order valence-electron chi connectivity index (χ3n) is 3.24. The van der Waals surface area contributed by atoms with Gasteiger partial charge in [0.25, 0.3) is 5.91 Å². The Morgan fingerprint density at radius 1 is 1.14 bits per heavy atom. The number of rotatable bonds is 5. The summed E-state index contributed by atoms with van der Waals surface area (Å²) in [5.41, 5.74) is 7.14. The second-order valence-electron chi connectivity index (χ2n) is 4.80. The molecule has 1 amide bonds.